The van der Waals surface area contributed by atoms with Crippen molar-refractivity contribution in [1.29, 1.82) is 0 Å². The van der Waals surface area contributed by atoms with Gasteiger partial charge in [0.2, 0.25) is 0 Å². The van der Waals surface area contributed by atoms with Crippen LogP contribution in [-0.4, -0.2) is 14.9 Å². The molecule has 10 heteroatoms. The van der Waals surface area contributed by atoms with E-state index in [9.17, 15) is 0 Å². The normalized spacial score (nSPS) is 10.7. The molecule has 0 aliphatic heterocycles. The Hall–Kier alpha value is -1.02. The molecule has 0 aliphatic rings. The number of aromatic nitrogens is 2. The zero-order valence-corrected chi connectivity index (χ0v) is 18.9. The number of anilines is 2. The fraction of sp³-hybridized carbons (Fsp3) is 0.0588. The number of hydrogen-bond donors (Lipinski definition) is 2. The summed E-state index contributed by atoms with van der Waals surface area (Å²) in [4.78, 5) is 0. The Kier molecular flexibility index (Phi) is 6.89. The van der Waals surface area contributed by atoms with Crippen LogP contribution in [0.5, 0.6) is 0 Å². The second kappa shape index (κ2) is 8.99. The Labute approximate surface area is 189 Å². The van der Waals surface area contributed by atoms with Gasteiger partial charge in [-0.25, -0.2) is 0 Å². The molecule has 3 rings (SSSR count). The first-order valence-corrected chi connectivity index (χ1v) is 10.2. The Morgan fingerprint density at radius 1 is 1.07 bits per heavy atom. The van der Waals surface area contributed by atoms with Gasteiger partial charge in [0.25, 0.3) is 0 Å². The Balaban J connectivity index is 1.71. The third kappa shape index (κ3) is 5.28. The van der Waals surface area contributed by atoms with Gasteiger partial charge < -0.3 is 10.6 Å². The van der Waals surface area contributed by atoms with Gasteiger partial charge in [-0.1, -0.05) is 58.5 Å². The van der Waals surface area contributed by atoms with Crippen molar-refractivity contribution in [3.8, 4) is 0 Å². The summed E-state index contributed by atoms with van der Waals surface area (Å²) in [6.07, 6.45) is 1.82. The number of nitrogens with zero attached hydrogens (tertiary/aromatic N) is 2. The molecule has 140 valence electrons. The lowest BCUT2D eigenvalue weighted by atomic mass is 10.2. The molecule has 0 bridgehead atoms. The van der Waals surface area contributed by atoms with Gasteiger partial charge in [0.15, 0.2) is 10.9 Å². The van der Waals surface area contributed by atoms with E-state index < -0.39 is 0 Å². The quantitative estimate of drug-likeness (QED) is 0.357. The van der Waals surface area contributed by atoms with Gasteiger partial charge in [-0.05, 0) is 58.0 Å². The molecule has 0 spiro atoms. The number of hydrogen-bond acceptors (Lipinski definition) is 2. The molecular formula is C17H11BrCl4N4S. The molecule has 0 aliphatic carbocycles. The van der Waals surface area contributed by atoms with Crippen molar-refractivity contribution in [3.63, 3.8) is 0 Å². The second-order valence-corrected chi connectivity index (χ2v) is 8.33. The van der Waals surface area contributed by atoms with Crippen LogP contribution in [-0.2, 0) is 6.54 Å². The Morgan fingerprint density at radius 2 is 1.85 bits per heavy atom. The van der Waals surface area contributed by atoms with Crippen molar-refractivity contribution < 1.29 is 0 Å². The summed E-state index contributed by atoms with van der Waals surface area (Å²) in [7, 11) is 0. The largest absolute Gasteiger partial charge is 0.331 e. The first-order valence-electron chi connectivity index (χ1n) is 7.52. The molecule has 4 nitrogen and oxygen atoms in total. The van der Waals surface area contributed by atoms with Crippen molar-refractivity contribution in [2.24, 2.45) is 0 Å². The molecule has 3 aromatic rings. The van der Waals surface area contributed by atoms with Crippen molar-refractivity contribution in [1.82, 2.24) is 9.78 Å². The van der Waals surface area contributed by atoms with Crippen LogP contribution in [0.25, 0.3) is 0 Å². The average Bonchev–Trinajstić information content (AvgIpc) is 2.94. The summed E-state index contributed by atoms with van der Waals surface area (Å²) >= 11 is 33.1. The van der Waals surface area contributed by atoms with Gasteiger partial charge in [-0.3, -0.25) is 4.68 Å². The maximum Gasteiger partial charge on any atom is 0.176 e. The van der Waals surface area contributed by atoms with E-state index in [1.54, 1.807) is 35.0 Å². The average molecular weight is 525 g/mol. The van der Waals surface area contributed by atoms with Crippen LogP contribution in [0.15, 0.2) is 47.1 Å². The molecule has 2 aromatic carbocycles. The maximum absolute atomic E-state index is 6.22. The van der Waals surface area contributed by atoms with Gasteiger partial charge in [0, 0.05) is 16.2 Å². The van der Waals surface area contributed by atoms with Crippen LogP contribution < -0.4 is 10.6 Å². The highest BCUT2D eigenvalue weighted by atomic mass is 79.9. The fourth-order valence-electron chi connectivity index (χ4n) is 2.25. The van der Waals surface area contributed by atoms with Crippen LogP contribution in [0, 0.1) is 0 Å². The Bertz CT molecular complexity index is 1010. The van der Waals surface area contributed by atoms with E-state index in [2.05, 4.69) is 31.7 Å². The summed E-state index contributed by atoms with van der Waals surface area (Å²) in [5.41, 5.74) is 1.50. The van der Waals surface area contributed by atoms with Gasteiger partial charge in [0.05, 0.1) is 26.8 Å². The van der Waals surface area contributed by atoms with Crippen molar-refractivity contribution in [2.75, 3.05) is 10.6 Å². The minimum absolute atomic E-state index is 0.328. The molecule has 1 heterocycles. The van der Waals surface area contributed by atoms with Crippen LogP contribution in [0.1, 0.15) is 5.56 Å². The van der Waals surface area contributed by atoms with E-state index >= 15 is 0 Å². The van der Waals surface area contributed by atoms with Crippen LogP contribution in [0.4, 0.5) is 11.5 Å². The summed E-state index contributed by atoms with van der Waals surface area (Å²) in [6.45, 7) is 0.483. The highest BCUT2D eigenvalue weighted by molar-refractivity contribution is 9.10. The third-order valence-electron chi connectivity index (χ3n) is 3.50. The Morgan fingerprint density at radius 3 is 2.59 bits per heavy atom. The third-order valence-corrected chi connectivity index (χ3v) is 5.69. The van der Waals surface area contributed by atoms with E-state index in [0.29, 0.717) is 43.3 Å². The van der Waals surface area contributed by atoms with Crippen LogP contribution in [0.3, 0.4) is 0 Å². The molecule has 0 unspecified atom stereocenters. The highest BCUT2D eigenvalue weighted by Gasteiger charge is 2.12. The number of nitrogens with one attached hydrogen (secondary N) is 2. The molecule has 0 amide bonds. The molecule has 0 atom stereocenters. The number of benzene rings is 2. The van der Waals surface area contributed by atoms with Gasteiger partial charge >= 0.3 is 0 Å². The van der Waals surface area contributed by atoms with Gasteiger partial charge in [0.1, 0.15) is 0 Å². The first kappa shape index (κ1) is 20.7. The van der Waals surface area contributed by atoms with E-state index in [-0.39, 0.29) is 0 Å². The minimum Gasteiger partial charge on any atom is -0.331 e. The zero-order valence-electron chi connectivity index (χ0n) is 13.4. The van der Waals surface area contributed by atoms with Crippen LogP contribution >= 0.6 is 74.6 Å². The molecule has 27 heavy (non-hydrogen) atoms. The lowest BCUT2D eigenvalue weighted by Crippen LogP contribution is -2.20. The summed E-state index contributed by atoms with van der Waals surface area (Å²) in [6, 6.07) is 10.6. The number of halogens is 5. The molecule has 0 saturated carbocycles. The topological polar surface area (TPSA) is 41.9 Å². The molecule has 0 radical (unpaired) electrons. The van der Waals surface area contributed by atoms with Gasteiger partial charge in [-0.2, -0.15) is 5.10 Å². The van der Waals surface area contributed by atoms with Crippen molar-refractivity contribution in [2.45, 2.75) is 6.54 Å². The lowest BCUT2D eigenvalue weighted by Gasteiger charge is -2.11. The highest BCUT2D eigenvalue weighted by Crippen LogP contribution is 2.30. The molecule has 1 aromatic heterocycles. The van der Waals surface area contributed by atoms with Crippen LogP contribution in [0.2, 0.25) is 20.1 Å². The fourth-order valence-corrected chi connectivity index (χ4v) is 3.69. The maximum atomic E-state index is 6.22. The summed E-state index contributed by atoms with van der Waals surface area (Å²) < 4.78 is 2.48. The molecule has 0 fully saturated rings. The number of rotatable bonds is 4. The SMILES string of the molecule is S=C(Nc1cccc(Cl)c1Cl)Nc1nn(Cc2ccc(Cl)cc2Cl)cc1Br. The van der Waals surface area contributed by atoms with Gasteiger partial charge in [-0.15, -0.1) is 0 Å². The second-order valence-electron chi connectivity index (χ2n) is 5.44. The first-order chi connectivity index (χ1) is 12.8. The molecular weight excluding hydrogens is 514 g/mol. The van der Waals surface area contributed by atoms with E-state index in [0.717, 1.165) is 10.0 Å². The van der Waals surface area contributed by atoms with Crippen molar-refractivity contribution in [3.05, 3.63) is 72.7 Å². The smallest absolute Gasteiger partial charge is 0.176 e. The predicted molar refractivity (Wildman–Crippen MR) is 122 cm³/mol. The van der Waals surface area contributed by atoms with E-state index in [1.165, 1.54) is 0 Å². The molecule has 2 N–H and O–H groups in total. The van der Waals surface area contributed by atoms with Crippen molar-refractivity contribution >= 4 is 91.2 Å². The summed E-state index contributed by atoms with van der Waals surface area (Å²) in [5, 5.41) is 12.8. The van der Waals surface area contributed by atoms with E-state index in [4.69, 9.17) is 58.6 Å². The monoisotopic (exact) mass is 522 g/mol. The zero-order chi connectivity index (χ0) is 19.6. The minimum atomic E-state index is 0.328. The van der Waals surface area contributed by atoms with E-state index in [1.807, 2.05) is 12.3 Å². The predicted octanol–water partition coefficient (Wildman–Crippen LogP) is 7.12. The lowest BCUT2D eigenvalue weighted by molar-refractivity contribution is 0.690. The standard InChI is InChI=1S/C17H11BrCl4N4S/c18-11-8-26(7-9-4-5-10(19)6-13(9)21)25-16(11)24-17(27)23-14-3-1-2-12(20)15(14)22/h1-6,8H,7H2,(H2,23,24,25,27). The summed E-state index contributed by atoms with van der Waals surface area (Å²) in [5.74, 6) is 0.552. The molecule has 0 saturated heterocycles. The number of thiocarbonyl (C=S) groups is 1.